The number of rotatable bonds is 4. The maximum absolute atomic E-state index is 6.55. The van der Waals surface area contributed by atoms with E-state index in [9.17, 15) is 0 Å². The molecule has 0 radical (unpaired) electrons. The van der Waals surface area contributed by atoms with E-state index in [4.69, 9.17) is 139 Å². The normalized spacial score (nSPS) is 11.8. The minimum absolute atomic E-state index is 0.193. The van der Waals surface area contributed by atoms with E-state index in [1.54, 1.807) is 48.5 Å². The first kappa shape index (κ1) is 31.1. The van der Waals surface area contributed by atoms with Crippen molar-refractivity contribution in [3.8, 4) is 0 Å². The molecule has 13 heteroatoms. The fraction of sp³-hybridized carbons (Fsp3) is 0. The molecule has 0 spiro atoms. The van der Waals surface area contributed by atoms with Gasteiger partial charge in [0.15, 0.2) is 0 Å². The van der Waals surface area contributed by atoms with Crippen molar-refractivity contribution < 1.29 is 0 Å². The molecule has 0 amide bonds. The van der Waals surface area contributed by atoms with Crippen LogP contribution in [0.2, 0.25) is 60.3 Å². The fourth-order valence-corrected chi connectivity index (χ4v) is 22.5. The molecule has 0 aromatic heterocycles. The third kappa shape index (κ3) is 5.78. The molecule has 0 N–H and O–H groups in total. The second-order valence-electron chi connectivity index (χ2n) is 7.77. The van der Waals surface area contributed by atoms with Crippen LogP contribution in [0, 0.1) is 0 Å². The summed E-state index contributed by atoms with van der Waals surface area (Å²) in [5.41, 5.74) is 0. The molecule has 0 fully saturated rings. The van der Waals surface area contributed by atoms with Crippen LogP contribution >= 0.6 is 139 Å². The van der Waals surface area contributed by atoms with Gasteiger partial charge < -0.3 is 0 Å². The van der Waals surface area contributed by atoms with Gasteiger partial charge in [0.05, 0.1) is 0 Å². The van der Waals surface area contributed by atoms with Gasteiger partial charge in [-0.25, -0.2) is 0 Å². The first-order chi connectivity index (χ1) is 17.3. The number of hydrogen-bond acceptors (Lipinski definition) is 0. The summed E-state index contributed by atoms with van der Waals surface area (Å²) in [5.74, 6) is 0. The predicted molar refractivity (Wildman–Crippen MR) is 170 cm³/mol. The molecule has 0 heterocycles. The summed E-state index contributed by atoms with van der Waals surface area (Å²) in [6.45, 7) is 0. The molecule has 192 valence electrons. The Hall–Kier alpha value is 1.16. The van der Waals surface area contributed by atoms with Gasteiger partial charge in [-0.15, -0.1) is 0 Å². The van der Waals surface area contributed by atoms with E-state index >= 15 is 0 Å². The van der Waals surface area contributed by atoms with Gasteiger partial charge in [-0.1, -0.05) is 0 Å². The topological polar surface area (TPSA) is 0 Å². The quantitative estimate of drug-likeness (QED) is 0.142. The van der Waals surface area contributed by atoms with Crippen LogP contribution in [0.5, 0.6) is 0 Å². The van der Waals surface area contributed by atoms with Gasteiger partial charge in [-0.3, -0.25) is 0 Å². The monoisotopic (exact) mass is 836 g/mol. The van der Waals surface area contributed by atoms with Gasteiger partial charge in [-0.2, -0.15) is 0 Å². The molecule has 37 heavy (non-hydrogen) atoms. The van der Waals surface area contributed by atoms with Gasteiger partial charge in [0.2, 0.25) is 0 Å². The Morgan fingerprint density at radius 2 is 0.405 bits per heavy atom. The van der Waals surface area contributed by atoms with Crippen molar-refractivity contribution in [1.82, 2.24) is 0 Å². The third-order valence-electron chi connectivity index (χ3n) is 5.67. The van der Waals surface area contributed by atoms with E-state index in [-0.39, 0.29) is 60.3 Å². The van der Waals surface area contributed by atoms with Gasteiger partial charge in [-0.05, 0) is 0 Å². The summed E-state index contributed by atoms with van der Waals surface area (Å²) < 4.78 is 2.92. The van der Waals surface area contributed by atoms with Crippen LogP contribution in [0.3, 0.4) is 0 Å². The van der Waals surface area contributed by atoms with Crippen molar-refractivity contribution in [2.45, 2.75) is 0 Å². The van der Waals surface area contributed by atoms with Crippen LogP contribution in [0.4, 0.5) is 0 Å². The van der Waals surface area contributed by atoms with Crippen molar-refractivity contribution in [3.05, 3.63) is 109 Å². The molecular formula is C24H8Cl12Sn. The maximum atomic E-state index is 6.55. The van der Waals surface area contributed by atoms with E-state index in [2.05, 4.69) is 0 Å². The van der Waals surface area contributed by atoms with Crippen LogP contribution in [0.15, 0.2) is 48.5 Å². The van der Waals surface area contributed by atoms with Crippen LogP contribution in [0.1, 0.15) is 0 Å². The Kier molecular flexibility index (Phi) is 10.2. The standard InChI is InChI=1S/4C6H2Cl3.Sn/c4*7-4-2-1-3-5(8)6(4)9;/h4*2-3H;. The number of benzene rings is 4. The van der Waals surface area contributed by atoms with Crippen molar-refractivity contribution in [2.75, 3.05) is 0 Å². The second-order valence-corrected chi connectivity index (χ2v) is 23.4. The summed E-state index contributed by atoms with van der Waals surface area (Å²) in [6.07, 6.45) is 0. The van der Waals surface area contributed by atoms with E-state index in [0.717, 1.165) is 14.3 Å². The van der Waals surface area contributed by atoms with Crippen molar-refractivity contribution in [3.63, 3.8) is 0 Å². The predicted octanol–water partition coefficient (Wildman–Crippen LogP) is 10.9. The zero-order valence-corrected chi connectivity index (χ0v) is 29.6. The molecule has 0 aliphatic rings. The summed E-state index contributed by atoms with van der Waals surface area (Å²) >= 11 is 73.0. The zero-order valence-electron chi connectivity index (χ0n) is 17.7. The molecule has 4 aromatic rings. The van der Waals surface area contributed by atoms with Gasteiger partial charge >= 0.3 is 281 Å². The fourth-order valence-electron chi connectivity index (χ4n) is 4.09. The molecule has 0 saturated heterocycles. The summed E-state index contributed by atoms with van der Waals surface area (Å²) in [7, 11) is 0. The zero-order chi connectivity index (χ0) is 27.4. The third-order valence-corrected chi connectivity index (χ3v) is 23.6. The Bertz CT molecular complexity index is 1240. The molecule has 0 aliphatic carbocycles. The van der Waals surface area contributed by atoms with Crippen molar-refractivity contribution in [1.29, 1.82) is 0 Å². The molecular weight excluding hydrogens is 832 g/mol. The van der Waals surface area contributed by atoms with Crippen LogP contribution < -0.4 is 14.3 Å². The van der Waals surface area contributed by atoms with E-state index in [0.29, 0.717) is 0 Å². The van der Waals surface area contributed by atoms with Crippen molar-refractivity contribution >= 4 is 172 Å². The van der Waals surface area contributed by atoms with Gasteiger partial charge in [0.1, 0.15) is 0 Å². The average Bonchev–Trinajstić information content (AvgIpc) is 2.83. The van der Waals surface area contributed by atoms with Crippen LogP contribution in [0.25, 0.3) is 0 Å². The molecule has 0 aliphatic heterocycles. The Morgan fingerprint density at radius 1 is 0.270 bits per heavy atom. The molecule has 0 unspecified atom stereocenters. The summed E-state index contributed by atoms with van der Waals surface area (Å²) in [4.78, 5) is 0. The van der Waals surface area contributed by atoms with Crippen LogP contribution in [-0.4, -0.2) is 18.4 Å². The van der Waals surface area contributed by atoms with Gasteiger partial charge in [0, 0.05) is 0 Å². The minimum atomic E-state index is -4.68. The summed E-state index contributed by atoms with van der Waals surface area (Å²) in [5, 5.41) is 2.62. The second kappa shape index (κ2) is 12.2. The Morgan fingerprint density at radius 3 is 0.541 bits per heavy atom. The van der Waals surface area contributed by atoms with E-state index in [1.807, 2.05) is 0 Å². The van der Waals surface area contributed by atoms with E-state index in [1.165, 1.54) is 0 Å². The van der Waals surface area contributed by atoms with Gasteiger partial charge in [0.25, 0.3) is 0 Å². The Labute approximate surface area is 277 Å². The first-order valence-corrected chi connectivity index (χ1v) is 20.1. The summed E-state index contributed by atoms with van der Waals surface area (Å²) in [6, 6.07) is 13.8. The Balaban J connectivity index is 2.33. The van der Waals surface area contributed by atoms with Crippen LogP contribution in [-0.2, 0) is 0 Å². The molecule has 0 atom stereocenters. The van der Waals surface area contributed by atoms with Crippen molar-refractivity contribution in [2.24, 2.45) is 0 Å². The van der Waals surface area contributed by atoms with E-state index < -0.39 is 18.4 Å². The molecule has 0 nitrogen and oxygen atoms in total. The number of halogens is 12. The first-order valence-electron chi connectivity index (χ1n) is 9.89. The SMILES string of the molecule is Clc1c[c]([Sn]([c]2cc(Cl)c(Cl)c(Cl)c2)([c]2cc(Cl)c(Cl)c(Cl)c2)[c]2cc(Cl)c(Cl)c(Cl)c2)cc(Cl)c1Cl. The average molecular weight is 840 g/mol. The number of hydrogen-bond donors (Lipinski definition) is 0. The molecule has 4 rings (SSSR count). The molecule has 0 saturated carbocycles. The molecule has 4 aromatic carbocycles. The molecule has 0 bridgehead atoms.